The van der Waals surface area contributed by atoms with E-state index in [0.29, 0.717) is 11.6 Å². The van der Waals surface area contributed by atoms with Crippen molar-refractivity contribution < 1.29 is 19.4 Å². The van der Waals surface area contributed by atoms with Crippen LogP contribution in [0.2, 0.25) is 0 Å². The van der Waals surface area contributed by atoms with Gasteiger partial charge < -0.3 is 15.2 Å². The summed E-state index contributed by atoms with van der Waals surface area (Å²) >= 11 is 0. The molecule has 0 radical (unpaired) electrons. The molecular formula is C26H29N3O4. The van der Waals surface area contributed by atoms with Crippen molar-refractivity contribution in [1.82, 2.24) is 15.3 Å². The fourth-order valence-electron chi connectivity index (χ4n) is 3.32. The number of hydrogen-bond donors (Lipinski definition) is 2. The summed E-state index contributed by atoms with van der Waals surface area (Å²) in [6.45, 7) is 4.26. The van der Waals surface area contributed by atoms with Gasteiger partial charge in [0.1, 0.15) is 6.10 Å². The van der Waals surface area contributed by atoms with E-state index < -0.39 is 5.97 Å². The van der Waals surface area contributed by atoms with Gasteiger partial charge in [0.15, 0.2) is 0 Å². The third-order valence-electron chi connectivity index (χ3n) is 5.25. The molecule has 0 bridgehead atoms. The number of aliphatic carboxylic acids is 1. The van der Waals surface area contributed by atoms with Gasteiger partial charge >= 0.3 is 12.0 Å². The zero-order valence-corrected chi connectivity index (χ0v) is 19.0. The molecule has 1 atom stereocenters. The van der Waals surface area contributed by atoms with Gasteiger partial charge in [-0.1, -0.05) is 55.3 Å². The monoisotopic (exact) mass is 447 g/mol. The summed E-state index contributed by atoms with van der Waals surface area (Å²) in [4.78, 5) is 31.6. The quantitative estimate of drug-likeness (QED) is 0.430. The van der Waals surface area contributed by atoms with E-state index in [1.807, 2.05) is 31.2 Å². The molecule has 3 rings (SSSR count). The highest BCUT2D eigenvalue weighted by Gasteiger charge is 2.16. The Hall–Kier alpha value is -3.74. The van der Waals surface area contributed by atoms with Crippen molar-refractivity contribution in [2.45, 2.75) is 45.6 Å². The Bertz CT molecular complexity index is 1050. The van der Waals surface area contributed by atoms with Crippen LogP contribution in [-0.4, -0.2) is 33.5 Å². The molecule has 0 aliphatic heterocycles. The van der Waals surface area contributed by atoms with Crippen molar-refractivity contribution in [2.75, 3.05) is 6.54 Å². The summed E-state index contributed by atoms with van der Waals surface area (Å²) in [6.07, 6.45) is 5.96. The first-order chi connectivity index (χ1) is 16.0. The van der Waals surface area contributed by atoms with Crippen molar-refractivity contribution in [3.8, 4) is 17.1 Å². The number of carbonyl (C=O) groups is 2. The van der Waals surface area contributed by atoms with Gasteiger partial charge in [0, 0.05) is 30.1 Å². The molecule has 1 aromatic heterocycles. The van der Waals surface area contributed by atoms with Crippen LogP contribution in [0.4, 0.5) is 0 Å². The Morgan fingerprint density at radius 2 is 1.67 bits per heavy atom. The Labute approximate surface area is 193 Å². The highest BCUT2D eigenvalue weighted by atomic mass is 16.5. The minimum Gasteiger partial charge on any atom is -0.481 e. The van der Waals surface area contributed by atoms with E-state index in [0.717, 1.165) is 36.0 Å². The van der Waals surface area contributed by atoms with Crippen LogP contribution in [0.5, 0.6) is 6.01 Å². The molecule has 0 fully saturated rings. The summed E-state index contributed by atoms with van der Waals surface area (Å²) in [5.41, 5.74) is 4.56. The molecule has 1 amide bonds. The smallest absolute Gasteiger partial charge is 0.316 e. The van der Waals surface area contributed by atoms with Crippen LogP contribution in [0.1, 0.15) is 60.2 Å². The molecule has 3 aromatic rings. The van der Waals surface area contributed by atoms with Gasteiger partial charge in [-0.3, -0.25) is 9.59 Å². The predicted octanol–water partition coefficient (Wildman–Crippen LogP) is 4.97. The highest BCUT2D eigenvalue weighted by molar-refractivity contribution is 5.94. The number of nitrogens with one attached hydrogen (secondary N) is 1. The lowest BCUT2D eigenvalue weighted by molar-refractivity contribution is -0.136. The van der Waals surface area contributed by atoms with Gasteiger partial charge in [0.25, 0.3) is 5.91 Å². The number of benzene rings is 2. The average Bonchev–Trinajstić information content (AvgIpc) is 2.82. The van der Waals surface area contributed by atoms with Crippen LogP contribution in [0.3, 0.4) is 0 Å². The molecule has 0 unspecified atom stereocenters. The zero-order valence-electron chi connectivity index (χ0n) is 19.0. The maximum atomic E-state index is 12.2. The lowest BCUT2D eigenvalue weighted by atomic mass is 10.0. The van der Waals surface area contributed by atoms with Crippen LogP contribution < -0.4 is 10.1 Å². The number of aromatic nitrogens is 2. The van der Waals surface area contributed by atoms with Crippen molar-refractivity contribution >= 4 is 11.9 Å². The second kappa shape index (κ2) is 11.8. The molecule has 0 spiro atoms. The van der Waals surface area contributed by atoms with E-state index >= 15 is 0 Å². The molecule has 7 heteroatoms. The van der Waals surface area contributed by atoms with Gasteiger partial charge in [-0.2, -0.15) is 0 Å². The molecular weight excluding hydrogens is 418 g/mol. The summed E-state index contributed by atoms with van der Waals surface area (Å²) in [5.74, 6) is -1.25. The molecule has 2 aromatic carbocycles. The topological polar surface area (TPSA) is 101 Å². The molecule has 7 nitrogen and oxygen atoms in total. The SMILES string of the molecule is CCCC[C@H](Oc1ncc(-c2ccc(C)cc2)cn1)c1ccc(C(=O)NCCC(=O)O)cc1. The number of rotatable bonds is 11. The van der Waals surface area contributed by atoms with Crippen molar-refractivity contribution in [2.24, 2.45) is 0 Å². The zero-order chi connectivity index (χ0) is 23.6. The molecule has 0 aliphatic carbocycles. The summed E-state index contributed by atoms with van der Waals surface area (Å²) in [6, 6.07) is 15.6. The third kappa shape index (κ3) is 7.14. The highest BCUT2D eigenvalue weighted by Crippen LogP contribution is 2.26. The van der Waals surface area contributed by atoms with Gasteiger partial charge in [-0.25, -0.2) is 9.97 Å². The Kier molecular flexibility index (Phi) is 8.52. The number of nitrogens with zero attached hydrogens (tertiary/aromatic N) is 2. The van der Waals surface area contributed by atoms with Gasteiger partial charge in [0.2, 0.25) is 0 Å². The maximum absolute atomic E-state index is 12.2. The Morgan fingerprint density at radius 1 is 1.00 bits per heavy atom. The van der Waals surface area contributed by atoms with Crippen LogP contribution >= 0.6 is 0 Å². The first-order valence-corrected chi connectivity index (χ1v) is 11.1. The molecule has 0 saturated carbocycles. The maximum Gasteiger partial charge on any atom is 0.316 e. The van der Waals surface area contributed by atoms with Crippen LogP contribution in [0.25, 0.3) is 11.1 Å². The minimum absolute atomic E-state index is 0.0913. The number of carboxylic acids is 1. The number of hydrogen-bond acceptors (Lipinski definition) is 5. The van der Waals surface area contributed by atoms with E-state index in [1.165, 1.54) is 5.56 Å². The number of aryl methyl sites for hydroxylation is 1. The molecule has 0 saturated heterocycles. The third-order valence-corrected chi connectivity index (χ3v) is 5.25. The van der Waals surface area contributed by atoms with Crippen LogP contribution in [0, 0.1) is 6.92 Å². The van der Waals surface area contributed by atoms with Gasteiger partial charge in [-0.05, 0) is 43.0 Å². The number of carboxylic acid groups (broad SMARTS) is 1. The van der Waals surface area contributed by atoms with Crippen molar-refractivity contribution in [3.63, 3.8) is 0 Å². The number of ether oxygens (including phenoxy) is 1. The van der Waals surface area contributed by atoms with Crippen LogP contribution in [-0.2, 0) is 4.79 Å². The van der Waals surface area contributed by atoms with E-state index in [4.69, 9.17) is 9.84 Å². The lowest BCUT2D eigenvalue weighted by Crippen LogP contribution is -2.26. The molecule has 172 valence electrons. The number of amides is 1. The van der Waals surface area contributed by atoms with Crippen LogP contribution in [0.15, 0.2) is 60.9 Å². The molecule has 1 heterocycles. The Balaban J connectivity index is 1.68. The fraction of sp³-hybridized carbons (Fsp3) is 0.308. The Morgan fingerprint density at radius 3 is 2.27 bits per heavy atom. The number of carbonyl (C=O) groups excluding carboxylic acids is 1. The second-order valence-electron chi connectivity index (χ2n) is 7.89. The minimum atomic E-state index is -0.948. The van der Waals surface area contributed by atoms with E-state index in [2.05, 4.69) is 34.3 Å². The largest absolute Gasteiger partial charge is 0.481 e. The normalized spacial score (nSPS) is 11.6. The number of unbranched alkanes of at least 4 members (excludes halogenated alkanes) is 1. The fourth-order valence-corrected chi connectivity index (χ4v) is 3.32. The molecule has 33 heavy (non-hydrogen) atoms. The summed E-state index contributed by atoms with van der Waals surface area (Å²) in [5, 5.41) is 11.3. The predicted molar refractivity (Wildman–Crippen MR) is 126 cm³/mol. The van der Waals surface area contributed by atoms with E-state index in [9.17, 15) is 9.59 Å². The van der Waals surface area contributed by atoms with Crippen molar-refractivity contribution in [1.29, 1.82) is 0 Å². The second-order valence-corrected chi connectivity index (χ2v) is 7.89. The van der Waals surface area contributed by atoms with Gasteiger partial charge in [0.05, 0.1) is 6.42 Å². The van der Waals surface area contributed by atoms with Crippen molar-refractivity contribution in [3.05, 3.63) is 77.6 Å². The summed E-state index contributed by atoms with van der Waals surface area (Å²) in [7, 11) is 0. The first kappa shape index (κ1) is 23.9. The van der Waals surface area contributed by atoms with Gasteiger partial charge in [-0.15, -0.1) is 0 Å². The molecule has 2 N–H and O–H groups in total. The average molecular weight is 448 g/mol. The first-order valence-electron chi connectivity index (χ1n) is 11.1. The van der Waals surface area contributed by atoms with E-state index in [1.54, 1.807) is 24.5 Å². The standard InChI is InChI=1S/C26H29N3O4/c1-3-4-5-23(20-10-12-21(13-11-20)25(32)27-15-14-24(30)31)33-26-28-16-22(17-29-26)19-8-6-18(2)7-9-19/h6-13,16-17,23H,3-5,14-15H2,1-2H3,(H,27,32)(H,30,31)/t23-/m0/s1. The van der Waals surface area contributed by atoms with E-state index in [-0.39, 0.29) is 25.0 Å². The molecule has 0 aliphatic rings. The lowest BCUT2D eigenvalue weighted by Gasteiger charge is -2.18. The summed E-state index contributed by atoms with van der Waals surface area (Å²) < 4.78 is 6.12.